The molecule has 0 atom stereocenters. The van der Waals surface area contributed by atoms with Crippen molar-refractivity contribution >= 4 is 54.5 Å². The van der Waals surface area contributed by atoms with E-state index in [1.54, 1.807) is 6.20 Å². The van der Waals surface area contributed by atoms with Crippen molar-refractivity contribution in [3.8, 4) is 34.3 Å². The minimum atomic E-state index is 0.499. The first-order chi connectivity index (χ1) is 21.3. The molecule has 0 unspecified atom stereocenters. The van der Waals surface area contributed by atoms with Gasteiger partial charge in [0.2, 0.25) is 5.71 Å². The van der Waals surface area contributed by atoms with Gasteiger partial charge in [-0.2, -0.15) is 0 Å². The highest BCUT2D eigenvalue weighted by molar-refractivity contribution is 6.13. The molecule has 5 aromatic carbocycles. The van der Waals surface area contributed by atoms with Crippen LogP contribution in [0.4, 0.5) is 0 Å². The third-order valence-electron chi connectivity index (χ3n) is 7.89. The monoisotopic (exact) mass is 552 g/mol. The molecule has 0 N–H and O–H groups in total. The first-order valence-corrected chi connectivity index (χ1v) is 13.9. The van der Waals surface area contributed by atoms with Crippen LogP contribution in [0.5, 0.6) is 0 Å². The van der Waals surface area contributed by atoms with Crippen LogP contribution in [0.25, 0.3) is 88.8 Å². The van der Waals surface area contributed by atoms with Crippen LogP contribution in [-0.2, 0) is 0 Å². The topological polar surface area (TPSA) is 90.5 Å². The highest BCUT2D eigenvalue weighted by Crippen LogP contribution is 2.35. The second-order valence-electron chi connectivity index (χ2n) is 10.4. The second kappa shape index (κ2) is 9.22. The largest absolute Gasteiger partial charge is 0.438 e. The van der Waals surface area contributed by atoms with E-state index >= 15 is 0 Å². The fraction of sp³-hybridized carbons (Fsp3) is 0. The molecule has 0 radical (unpaired) electrons. The lowest BCUT2D eigenvalue weighted by Gasteiger charge is -2.12. The lowest BCUT2D eigenvalue weighted by Crippen LogP contribution is -2.01. The number of furan rings is 1. The van der Waals surface area contributed by atoms with Crippen LogP contribution in [0, 0.1) is 0 Å². The fourth-order valence-corrected chi connectivity index (χ4v) is 5.83. The molecule has 9 aromatic rings. The quantitative estimate of drug-likeness (QED) is 0.203. The number of benzene rings is 5. The summed E-state index contributed by atoms with van der Waals surface area (Å²) in [4.78, 5) is 28.4. The Balaban J connectivity index is 1.32. The van der Waals surface area contributed by atoms with Crippen molar-refractivity contribution in [2.75, 3.05) is 0 Å². The van der Waals surface area contributed by atoms with Crippen LogP contribution < -0.4 is 0 Å². The number of hydrogen-bond acceptors (Lipinski definition) is 7. The van der Waals surface area contributed by atoms with E-state index in [4.69, 9.17) is 24.4 Å². The SMILES string of the molecule is c1ccc2nc(-c3nc(-c4ccc5c(c4)oc4ncncc45)nc(-c4cccc5ccc6ccccc6c45)n3)ccc2c1. The molecule has 7 nitrogen and oxygen atoms in total. The molecule has 0 saturated carbocycles. The van der Waals surface area contributed by atoms with Crippen molar-refractivity contribution in [2.24, 2.45) is 0 Å². The van der Waals surface area contributed by atoms with Gasteiger partial charge in [-0.25, -0.2) is 29.9 Å². The van der Waals surface area contributed by atoms with Gasteiger partial charge in [-0.05, 0) is 40.4 Å². The zero-order valence-corrected chi connectivity index (χ0v) is 22.6. The number of rotatable bonds is 3. The Morgan fingerprint density at radius 3 is 2.30 bits per heavy atom. The van der Waals surface area contributed by atoms with Crippen LogP contribution in [-0.4, -0.2) is 29.9 Å². The van der Waals surface area contributed by atoms with Crippen molar-refractivity contribution in [3.63, 3.8) is 0 Å². The van der Waals surface area contributed by atoms with E-state index in [1.165, 1.54) is 6.33 Å². The van der Waals surface area contributed by atoms with E-state index in [0.717, 1.165) is 54.3 Å². The molecular formula is C36H20N6O. The summed E-state index contributed by atoms with van der Waals surface area (Å²) in [7, 11) is 0. The molecule has 7 heteroatoms. The molecule has 43 heavy (non-hydrogen) atoms. The maximum Gasteiger partial charge on any atom is 0.230 e. The number of aromatic nitrogens is 6. The van der Waals surface area contributed by atoms with Gasteiger partial charge in [0, 0.05) is 33.5 Å². The standard InChI is InChI=1S/C36H20N6O/c1-3-9-25-21(6-1)12-13-23-8-5-10-27(32(23)25)34-40-33(24-14-16-26-28-19-37-20-38-36(28)43-31(26)18-24)41-35(42-34)30-17-15-22-7-2-4-11-29(22)39-30/h1-20H. The van der Waals surface area contributed by atoms with Gasteiger partial charge >= 0.3 is 0 Å². The van der Waals surface area contributed by atoms with Gasteiger partial charge in [0.05, 0.1) is 10.9 Å². The van der Waals surface area contributed by atoms with Crippen LogP contribution >= 0.6 is 0 Å². The Labute approximate surface area is 244 Å². The molecule has 0 aliphatic heterocycles. The third-order valence-corrected chi connectivity index (χ3v) is 7.89. The van der Waals surface area contributed by atoms with Crippen LogP contribution in [0.2, 0.25) is 0 Å². The first kappa shape index (κ1) is 23.6. The molecule has 0 aliphatic rings. The molecule has 0 fully saturated rings. The van der Waals surface area contributed by atoms with Gasteiger partial charge in [0.25, 0.3) is 0 Å². The summed E-state index contributed by atoms with van der Waals surface area (Å²) < 4.78 is 6.06. The third kappa shape index (κ3) is 3.83. The Kier molecular flexibility index (Phi) is 5.06. The van der Waals surface area contributed by atoms with Crippen molar-refractivity contribution < 1.29 is 4.42 Å². The van der Waals surface area contributed by atoms with Gasteiger partial charge < -0.3 is 4.42 Å². The fourth-order valence-electron chi connectivity index (χ4n) is 5.83. The lowest BCUT2D eigenvalue weighted by molar-refractivity contribution is 0.653. The lowest BCUT2D eigenvalue weighted by atomic mass is 9.97. The summed E-state index contributed by atoms with van der Waals surface area (Å²) >= 11 is 0. The molecule has 0 bridgehead atoms. The van der Waals surface area contributed by atoms with Gasteiger partial charge in [0.1, 0.15) is 17.6 Å². The van der Waals surface area contributed by atoms with E-state index in [2.05, 4.69) is 58.5 Å². The molecule has 4 heterocycles. The zero-order valence-electron chi connectivity index (χ0n) is 22.6. The molecule has 0 saturated heterocycles. The van der Waals surface area contributed by atoms with Crippen molar-refractivity contribution in [2.45, 2.75) is 0 Å². The Bertz CT molecular complexity index is 2540. The average Bonchev–Trinajstić information content (AvgIpc) is 3.45. The normalized spacial score (nSPS) is 11.7. The molecular weight excluding hydrogens is 532 g/mol. The van der Waals surface area contributed by atoms with E-state index < -0.39 is 0 Å². The number of nitrogens with zero attached hydrogens (tertiary/aromatic N) is 6. The molecule has 4 aromatic heterocycles. The Morgan fingerprint density at radius 2 is 1.33 bits per heavy atom. The van der Waals surface area contributed by atoms with E-state index in [0.29, 0.717) is 34.5 Å². The Hall–Kier alpha value is -6.08. The van der Waals surface area contributed by atoms with Crippen LogP contribution in [0.3, 0.4) is 0 Å². The van der Waals surface area contributed by atoms with Gasteiger partial charge in [0.15, 0.2) is 17.5 Å². The second-order valence-corrected chi connectivity index (χ2v) is 10.4. The number of fused-ring (bicyclic) bond motifs is 7. The average molecular weight is 553 g/mol. The summed E-state index contributed by atoms with van der Waals surface area (Å²) in [5, 5.41) is 7.38. The predicted molar refractivity (Wildman–Crippen MR) is 169 cm³/mol. The van der Waals surface area contributed by atoms with Crippen LogP contribution in [0.15, 0.2) is 126 Å². The summed E-state index contributed by atoms with van der Waals surface area (Å²) in [6.45, 7) is 0. The van der Waals surface area contributed by atoms with Gasteiger partial charge in [-0.3, -0.25) is 0 Å². The predicted octanol–water partition coefficient (Wildman–Crippen LogP) is 8.42. The summed E-state index contributed by atoms with van der Waals surface area (Å²) in [5.41, 5.74) is 4.52. The Morgan fingerprint density at radius 1 is 0.535 bits per heavy atom. The summed E-state index contributed by atoms with van der Waals surface area (Å²) in [6, 6.07) is 36.9. The molecule has 200 valence electrons. The minimum Gasteiger partial charge on any atom is -0.438 e. The summed E-state index contributed by atoms with van der Waals surface area (Å²) in [5.74, 6) is 1.60. The van der Waals surface area contributed by atoms with Crippen molar-refractivity contribution in [1.82, 2.24) is 29.9 Å². The highest BCUT2D eigenvalue weighted by atomic mass is 16.3. The number of hydrogen-bond donors (Lipinski definition) is 0. The first-order valence-electron chi connectivity index (χ1n) is 13.9. The van der Waals surface area contributed by atoms with Gasteiger partial charge in [-0.1, -0.05) is 84.9 Å². The summed E-state index contributed by atoms with van der Waals surface area (Å²) in [6.07, 6.45) is 3.25. The smallest absolute Gasteiger partial charge is 0.230 e. The molecule has 0 aliphatic carbocycles. The van der Waals surface area contributed by atoms with Crippen LogP contribution in [0.1, 0.15) is 0 Å². The zero-order chi connectivity index (χ0) is 28.3. The van der Waals surface area contributed by atoms with E-state index in [9.17, 15) is 0 Å². The van der Waals surface area contributed by atoms with E-state index in [-0.39, 0.29) is 0 Å². The number of para-hydroxylation sites is 1. The molecule has 0 amide bonds. The number of pyridine rings is 1. The maximum atomic E-state index is 6.06. The highest BCUT2D eigenvalue weighted by Gasteiger charge is 2.18. The minimum absolute atomic E-state index is 0.499. The van der Waals surface area contributed by atoms with Gasteiger partial charge in [-0.15, -0.1) is 0 Å². The van der Waals surface area contributed by atoms with Crippen molar-refractivity contribution in [1.29, 1.82) is 0 Å². The van der Waals surface area contributed by atoms with E-state index in [1.807, 2.05) is 60.7 Å². The maximum absolute atomic E-state index is 6.06. The van der Waals surface area contributed by atoms with Crippen molar-refractivity contribution in [3.05, 3.63) is 122 Å². The molecule has 9 rings (SSSR count). The molecule has 0 spiro atoms.